The monoisotopic (exact) mass is 253 g/mol. The third-order valence-corrected chi connectivity index (χ3v) is 3.03. The van der Waals surface area contributed by atoms with Gasteiger partial charge >= 0.3 is 0 Å². The van der Waals surface area contributed by atoms with Crippen LogP contribution in [0.4, 0.5) is 5.69 Å². The fourth-order valence-electron chi connectivity index (χ4n) is 1.61. The van der Waals surface area contributed by atoms with Crippen LogP contribution in [0.25, 0.3) is 0 Å². The molecule has 0 radical (unpaired) electrons. The van der Waals surface area contributed by atoms with Crippen LogP contribution < -0.4 is 16.4 Å². The minimum atomic E-state index is -0.0633. The van der Waals surface area contributed by atoms with E-state index in [1.165, 1.54) is 0 Å². The molecule has 0 spiro atoms. The lowest BCUT2D eigenvalue weighted by Crippen LogP contribution is -2.27. The molecule has 1 rings (SSSR count). The SMILES string of the molecule is CNC(=O)Cn1cc(NCC(CN)C(C)C)cn1. The van der Waals surface area contributed by atoms with E-state index in [2.05, 4.69) is 29.6 Å². The number of nitrogens with one attached hydrogen (secondary N) is 2. The Hall–Kier alpha value is -1.56. The molecule has 0 aromatic carbocycles. The van der Waals surface area contributed by atoms with Gasteiger partial charge in [0, 0.05) is 19.8 Å². The molecule has 1 aromatic heterocycles. The van der Waals surface area contributed by atoms with Crippen molar-refractivity contribution in [2.45, 2.75) is 20.4 Å². The first-order chi connectivity index (χ1) is 8.56. The summed E-state index contributed by atoms with van der Waals surface area (Å²) in [5.74, 6) is 0.919. The summed E-state index contributed by atoms with van der Waals surface area (Å²) in [6.45, 7) is 6.04. The molecule has 0 saturated carbocycles. The predicted molar refractivity (Wildman–Crippen MR) is 72.2 cm³/mol. The maximum Gasteiger partial charge on any atom is 0.241 e. The van der Waals surface area contributed by atoms with Crippen molar-refractivity contribution in [3.05, 3.63) is 12.4 Å². The van der Waals surface area contributed by atoms with Gasteiger partial charge in [0.15, 0.2) is 0 Å². The van der Waals surface area contributed by atoms with E-state index in [0.717, 1.165) is 12.2 Å². The lowest BCUT2D eigenvalue weighted by atomic mass is 9.96. The fourth-order valence-corrected chi connectivity index (χ4v) is 1.61. The van der Waals surface area contributed by atoms with E-state index < -0.39 is 0 Å². The summed E-state index contributed by atoms with van der Waals surface area (Å²) in [6, 6.07) is 0. The van der Waals surface area contributed by atoms with Gasteiger partial charge in [-0.15, -0.1) is 0 Å². The second kappa shape index (κ2) is 7.00. The molecule has 0 aliphatic carbocycles. The Balaban J connectivity index is 2.46. The molecule has 1 atom stereocenters. The summed E-state index contributed by atoms with van der Waals surface area (Å²) < 4.78 is 1.61. The van der Waals surface area contributed by atoms with Crippen molar-refractivity contribution >= 4 is 11.6 Å². The van der Waals surface area contributed by atoms with Crippen LogP contribution in [0.5, 0.6) is 0 Å². The third-order valence-electron chi connectivity index (χ3n) is 3.03. The van der Waals surface area contributed by atoms with Gasteiger partial charge in [0.05, 0.1) is 11.9 Å². The Kier molecular flexibility index (Phi) is 5.64. The van der Waals surface area contributed by atoms with Crippen molar-refractivity contribution in [1.82, 2.24) is 15.1 Å². The molecule has 6 heteroatoms. The highest BCUT2D eigenvalue weighted by Gasteiger charge is 2.11. The number of carbonyl (C=O) groups is 1. The predicted octanol–water partition coefficient (Wildman–Crippen LogP) is 0.272. The van der Waals surface area contributed by atoms with Crippen LogP contribution >= 0.6 is 0 Å². The second-order valence-electron chi connectivity index (χ2n) is 4.72. The summed E-state index contributed by atoms with van der Waals surface area (Å²) in [7, 11) is 1.61. The quantitative estimate of drug-likeness (QED) is 0.651. The van der Waals surface area contributed by atoms with Crippen LogP contribution in [-0.2, 0) is 11.3 Å². The molecule has 0 aliphatic heterocycles. The van der Waals surface area contributed by atoms with Crippen molar-refractivity contribution < 1.29 is 4.79 Å². The second-order valence-corrected chi connectivity index (χ2v) is 4.72. The van der Waals surface area contributed by atoms with Crippen molar-refractivity contribution in [3.8, 4) is 0 Å². The number of hydrogen-bond donors (Lipinski definition) is 3. The van der Waals surface area contributed by atoms with Gasteiger partial charge in [-0.3, -0.25) is 9.48 Å². The molecule has 18 heavy (non-hydrogen) atoms. The normalized spacial score (nSPS) is 12.5. The van der Waals surface area contributed by atoms with E-state index >= 15 is 0 Å². The van der Waals surface area contributed by atoms with E-state index in [-0.39, 0.29) is 12.5 Å². The molecule has 0 aliphatic rings. The number of carbonyl (C=O) groups excluding carboxylic acids is 1. The Morgan fingerprint density at radius 3 is 2.83 bits per heavy atom. The van der Waals surface area contributed by atoms with Gasteiger partial charge in [0.2, 0.25) is 5.91 Å². The van der Waals surface area contributed by atoms with Crippen molar-refractivity contribution in [1.29, 1.82) is 0 Å². The van der Waals surface area contributed by atoms with Crippen LogP contribution in [0.2, 0.25) is 0 Å². The summed E-state index contributed by atoms with van der Waals surface area (Å²) in [6.07, 6.45) is 3.54. The maximum absolute atomic E-state index is 11.2. The highest BCUT2D eigenvalue weighted by molar-refractivity contribution is 5.75. The zero-order valence-electron chi connectivity index (χ0n) is 11.3. The summed E-state index contributed by atoms with van der Waals surface area (Å²) in [5.41, 5.74) is 6.63. The first-order valence-corrected chi connectivity index (χ1v) is 6.23. The molecule has 1 unspecified atom stereocenters. The fraction of sp³-hybridized carbons (Fsp3) is 0.667. The first kappa shape index (κ1) is 14.5. The largest absolute Gasteiger partial charge is 0.382 e. The molecule has 0 bridgehead atoms. The number of aromatic nitrogens is 2. The molecular weight excluding hydrogens is 230 g/mol. The third kappa shape index (κ3) is 4.37. The highest BCUT2D eigenvalue weighted by Crippen LogP contribution is 2.11. The molecule has 6 nitrogen and oxygen atoms in total. The number of likely N-dealkylation sites (N-methyl/N-ethyl adjacent to an activating group) is 1. The van der Waals surface area contributed by atoms with E-state index in [9.17, 15) is 4.79 Å². The average molecular weight is 253 g/mol. The number of amides is 1. The minimum Gasteiger partial charge on any atom is -0.382 e. The lowest BCUT2D eigenvalue weighted by molar-refractivity contribution is -0.121. The molecule has 1 amide bonds. The van der Waals surface area contributed by atoms with Crippen LogP contribution in [0.15, 0.2) is 12.4 Å². The van der Waals surface area contributed by atoms with Crippen LogP contribution in [0.3, 0.4) is 0 Å². The average Bonchev–Trinajstić information content (AvgIpc) is 2.77. The lowest BCUT2D eigenvalue weighted by Gasteiger charge is -2.19. The molecule has 102 valence electrons. The van der Waals surface area contributed by atoms with Crippen molar-refractivity contribution in [2.24, 2.45) is 17.6 Å². The Labute approximate surface area is 108 Å². The van der Waals surface area contributed by atoms with Crippen LogP contribution in [-0.4, -0.2) is 35.8 Å². The van der Waals surface area contributed by atoms with Crippen molar-refractivity contribution in [2.75, 3.05) is 25.5 Å². The Morgan fingerprint density at radius 1 is 1.56 bits per heavy atom. The molecule has 0 saturated heterocycles. The van der Waals surface area contributed by atoms with Gasteiger partial charge in [0.25, 0.3) is 0 Å². The standard InChI is InChI=1S/C12H23N5O/c1-9(2)10(4-13)5-15-11-6-16-17(7-11)8-12(18)14-3/h6-7,9-10,15H,4-5,8,13H2,1-3H3,(H,14,18). The summed E-state index contributed by atoms with van der Waals surface area (Å²) in [5, 5.41) is 9.97. The smallest absolute Gasteiger partial charge is 0.241 e. The highest BCUT2D eigenvalue weighted by atomic mass is 16.1. The molecular formula is C12H23N5O. The van der Waals surface area contributed by atoms with E-state index in [4.69, 9.17) is 5.73 Å². The number of anilines is 1. The number of rotatable bonds is 7. The molecule has 4 N–H and O–H groups in total. The van der Waals surface area contributed by atoms with Gasteiger partial charge in [0.1, 0.15) is 6.54 Å². The zero-order valence-corrected chi connectivity index (χ0v) is 11.3. The number of nitrogens with zero attached hydrogens (tertiary/aromatic N) is 2. The van der Waals surface area contributed by atoms with E-state index in [1.54, 1.807) is 17.9 Å². The van der Waals surface area contributed by atoms with Gasteiger partial charge in [-0.2, -0.15) is 5.10 Å². The van der Waals surface area contributed by atoms with Crippen LogP contribution in [0, 0.1) is 11.8 Å². The van der Waals surface area contributed by atoms with Gasteiger partial charge in [-0.25, -0.2) is 0 Å². The number of hydrogen-bond acceptors (Lipinski definition) is 4. The first-order valence-electron chi connectivity index (χ1n) is 6.23. The Bertz CT molecular complexity index is 374. The topological polar surface area (TPSA) is 85.0 Å². The van der Waals surface area contributed by atoms with Crippen molar-refractivity contribution in [3.63, 3.8) is 0 Å². The molecule has 1 aromatic rings. The Morgan fingerprint density at radius 2 is 2.28 bits per heavy atom. The van der Waals surface area contributed by atoms with E-state index in [0.29, 0.717) is 18.4 Å². The minimum absolute atomic E-state index is 0.0633. The molecule has 1 heterocycles. The number of nitrogens with two attached hydrogens (primary N) is 1. The van der Waals surface area contributed by atoms with Gasteiger partial charge in [-0.1, -0.05) is 13.8 Å². The van der Waals surface area contributed by atoms with Gasteiger partial charge in [-0.05, 0) is 18.4 Å². The zero-order chi connectivity index (χ0) is 13.5. The van der Waals surface area contributed by atoms with Gasteiger partial charge < -0.3 is 16.4 Å². The van der Waals surface area contributed by atoms with E-state index in [1.807, 2.05) is 6.20 Å². The summed E-state index contributed by atoms with van der Waals surface area (Å²) in [4.78, 5) is 11.2. The summed E-state index contributed by atoms with van der Waals surface area (Å²) >= 11 is 0. The maximum atomic E-state index is 11.2. The molecule has 0 fully saturated rings. The van der Waals surface area contributed by atoms with Crippen LogP contribution in [0.1, 0.15) is 13.8 Å².